The number of hydrogen-bond acceptors (Lipinski definition) is 4. The monoisotopic (exact) mass is 353 g/mol. The highest BCUT2D eigenvalue weighted by atomic mass is 32.2. The third kappa shape index (κ3) is 6.42. The molecule has 1 saturated heterocycles. The zero-order valence-electron chi connectivity index (χ0n) is 14.6. The number of hydrogen-bond donors (Lipinski definition) is 2. The average molecular weight is 354 g/mol. The predicted octanol–water partition coefficient (Wildman–Crippen LogP) is 2.94. The van der Waals surface area contributed by atoms with Crippen LogP contribution in [0.25, 0.3) is 0 Å². The summed E-state index contributed by atoms with van der Waals surface area (Å²) < 4.78 is 12.8. The Morgan fingerprint density at radius 1 is 1.29 bits per heavy atom. The number of rotatable bonds is 9. The van der Waals surface area contributed by atoms with Gasteiger partial charge in [0.2, 0.25) is 5.91 Å². The number of likely N-dealkylation sites (N-methyl/N-ethyl adjacent to an activating group) is 1. The minimum Gasteiger partial charge on any atom is -0.344 e. The van der Waals surface area contributed by atoms with Crippen LogP contribution in [0.5, 0.6) is 0 Å². The van der Waals surface area contributed by atoms with Crippen molar-refractivity contribution >= 4 is 17.7 Å². The summed E-state index contributed by atoms with van der Waals surface area (Å²) in [7, 11) is 1.88. The van der Waals surface area contributed by atoms with Gasteiger partial charge in [-0.15, -0.1) is 0 Å². The summed E-state index contributed by atoms with van der Waals surface area (Å²) in [5.74, 6) is 1.57. The Kier molecular flexibility index (Phi) is 8.02. The van der Waals surface area contributed by atoms with Crippen LogP contribution in [0.4, 0.5) is 4.39 Å². The van der Waals surface area contributed by atoms with Crippen LogP contribution in [-0.2, 0) is 10.5 Å². The van der Waals surface area contributed by atoms with Gasteiger partial charge >= 0.3 is 0 Å². The Balaban J connectivity index is 1.60. The van der Waals surface area contributed by atoms with Gasteiger partial charge in [-0.05, 0) is 30.5 Å². The van der Waals surface area contributed by atoms with Crippen molar-refractivity contribution in [3.63, 3.8) is 0 Å². The van der Waals surface area contributed by atoms with Crippen LogP contribution in [0.2, 0.25) is 0 Å². The van der Waals surface area contributed by atoms with Gasteiger partial charge in [-0.3, -0.25) is 15.6 Å². The van der Waals surface area contributed by atoms with Crippen LogP contribution in [-0.4, -0.2) is 42.2 Å². The number of nitrogens with zero attached hydrogens (tertiary/aromatic N) is 1. The zero-order chi connectivity index (χ0) is 17.4. The molecule has 24 heavy (non-hydrogen) atoms. The second kappa shape index (κ2) is 10.0. The van der Waals surface area contributed by atoms with Crippen molar-refractivity contribution in [1.29, 1.82) is 0 Å². The summed E-state index contributed by atoms with van der Waals surface area (Å²) in [4.78, 5) is 14.0. The molecule has 1 heterocycles. The molecule has 1 aromatic rings. The van der Waals surface area contributed by atoms with E-state index in [0.717, 1.165) is 30.0 Å². The highest BCUT2D eigenvalue weighted by Gasteiger charge is 2.24. The molecule has 1 aliphatic rings. The molecule has 0 saturated carbocycles. The normalized spacial score (nSPS) is 20.3. The maximum Gasteiger partial charge on any atom is 0.223 e. The van der Waals surface area contributed by atoms with Gasteiger partial charge in [-0.25, -0.2) is 4.39 Å². The Morgan fingerprint density at radius 3 is 2.71 bits per heavy atom. The predicted molar refractivity (Wildman–Crippen MR) is 98.2 cm³/mol. The van der Waals surface area contributed by atoms with E-state index in [1.807, 2.05) is 11.9 Å². The largest absolute Gasteiger partial charge is 0.344 e. The first kappa shape index (κ1) is 19.2. The summed E-state index contributed by atoms with van der Waals surface area (Å²) >= 11 is 1.71. The van der Waals surface area contributed by atoms with Crippen LogP contribution >= 0.6 is 11.8 Å². The van der Waals surface area contributed by atoms with E-state index < -0.39 is 0 Å². The van der Waals surface area contributed by atoms with E-state index in [1.165, 1.54) is 25.0 Å². The van der Waals surface area contributed by atoms with Crippen LogP contribution < -0.4 is 10.9 Å². The van der Waals surface area contributed by atoms with E-state index in [1.54, 1.807) is 23.9 Å². The molecule has 0 aliphatic carbocycles. The maximum atomic E-state index is 12.8. The van der Waals surface area contributed by atoms with E-state index in [9.17, 15) is 9.18 Å². The number of hydrazine groups is 1. The van der Waals surface area contributed by atoms with Crippen molar-refractivity contribution in [2.45, 2.75) is 50.4 Å². The summed E-state index contributed by atoms with van der Waals surface area (Å²) in [5.41, 5.74) is 7.69. The lowest BCUT2D eigenvalue weighted by Crippen LogP contribution is -2.41. The van der Waals surface area contributed by atoms with E-state index in [2.05, 4.69) is 17.8 Å². The molecule has 2 atom stereocenters. The Labute approximate surface area is 148 Å². The fraction of sp³-hybridized carbons (Fsp3) is 0.611. The van der Waals surface area contributed by atoms with E-state index in [4.69, 9.17) is 0 Å². The Hall–Kier alpha value is -1.11. The lowest BCUT2D eigenvalue weighted by molar-refractivity contribution is -0.129. The molecule has 1 amide bonds. The topological polar surface area (TPSA) is 44.4 Å². The second-order valence-corrected chi connectivity index (χ2v) is 7.52. The van der Waals surface area contributed by atoms with Gasteiger partial charge in [0, 0.05) is 43.6 Å². The SMILES string of the molecule is CCCC1CC(CN(C)C(=O)CCSCc2ccc(F)cc2)NN1. The summed E-state index contributed by atoms with van der Waals surface area (Å²) in [6.07, 6.45) is 3.96. The van der Waals surface area contributed by atoms with Crippen molar-refractivity contribution < 1.29 is 9.18 Å². The van der Waals surface area contributed by atoms with E-state index in [-0.39, 0.29) is 11.7 Å². The molecule has 2 unspecified atom stereocenters. The van der Waals surface area contributed by atoms with Gasteiger partial charge < -0.3 is 4.90 Å². The summed E-state index contributed by atoms with van der Waals surface area (Å²) in [5, 5.41) is 0. The number of thioether (sulfide) groups is 1. The molecule has 1 fully saturated rings. The number of benzene rings is 1. The van der Waals surface area contributed by atoms with Crippen molar-refractivity contribution in [2.24, 2.45) is 0 Å². The fourth-order valence-corrected chi connectivity index (χ4v) is 3.80. The van der Waals surface area contributed by atoms with Gasteiger partial charge in [0.1, 0.15) is 5.82 Å². The molecule has 1 aromatic carbocycles. The lowest BCUT2D eigenvalue weighted by Gasteiger charge is -2.21. The maximum absolute atomic E-state index is 12.8. The highest BCUT2D eigenvalue weighted by molar-refractivity contribution is 7.98. The number of carbonyl (C=O) groups excluding carboxylic acids is 1. The molecule has 0 spiro atoms. The van der Waals surface area contributed by atoms with E-state index in [0.29, 0.717) is 18.5 Å². The smallest absolute Gasteiger partial charge is 0.223 e. The molecular weight excluding hydrogens is 325 g/mol. The lowest BCUT2D eigenvalue weighted by atomic mass is 10.1. The average Bonchev–Trinajstić information content (AvgIpc) is 3.00. The molecule has 0 aromatic heterocycles. The number of carbonyl (C=O) groups is 1. The third-order valence-electron chi connectivity index (χ3n) is 4.26. The highest BCUT2D eigenvalue weighted by Crippen LogP contribution is 2.15. The van der Waals surface area contributed by atoms with Gasteiger partial charge in [-0.1, -0.05) is 25.5 Å². The number of nitrogens with one attached hydrogen (secondary N) is 2. The quantitative estimate of drug-likeness (QED) is 0.670. The first-order valence-corrected chi connectivity index (χ1v) is 9.81. The van der Waals surface area contributed by atoms with Crippen LogP contribution in [0.3, 0.4) is 0 Å². The third-order valence-corrected chi connectivity index (χ3v) is 5.29. The van der Waals surface area contributed by atoms with Gasteiger partial charge in [-0.2, -0.15) is 11.8 Å². The van der Waals surface area contributed by atoms with E-state index >= 15 is 0 Å². The van der Waals surface area contributed by atoms with Crippen molar-refractivity contribution in [3.8, 4) is 0 Å². The molecular formula is C18H28FN3OS. The molecule has 0 bridgehead atoms. The van der Waals surface area contributed by atoms with Crippen LogP contribution in [0, 0.1) is 5.82 Å². The van der Waals surface area contributed by atoms with Crippen LogP contribution in [0.1, 0.15) is 38.2 Å². The van der Waals surface area contributed by atoms with Gasteiger partial charge in [0.15, 0.2) is 0 Å². The molecule has 2 N–H and O–H groups in total. The fourth-order valence-electron chi connectivity index (χ4n) is 2.91. The molecule has 2 rings (SSSR count). The molecule has 0 radical (unpaired) electrons. The molecule has 134 valence electrons. The Bertz CT molecular complexity index is 511. The van der Waals surface area contributed by atoms with Crippen LogP contribution in [0.15, 0.2) is 24.3 Å². The van der Waals surface area contributed by atoms with Gasteiger partial charge in [0.05, 0.1) is 0 Å². The van der Waals surface area contributed by atoms with Crippen molar-refractivity contribution in [1.82, 2.24) is 15.8 Å². The minimum absolute atomic E-state index is 0.183. The summed E-state index contributed by atoms with van der Waals surface area (Å²) in [6, 6.07) is 7.40. The first-order valence-electron chi connectivity index (χ1n) is 8.65. The standard InChI is InChI=1S/C18H28FN3OS/c1-3-4-16-11-17(21-20-16)12-22(2)18(23)9-10-24-13-14-5-7-15(19)8-6-14/h5-8,16-17,20-21H,3-4,9-13H2,1-2H3. The summed E-state index contributed by atoms with van der Waals surface area (Å²) in [6.45, 7) is 2.93. The number of halogens is 1. The van der Waals surface area contributed by atoms with Gasteiger partial charge in [0.25, 0.3) is 0 Å². The first-order chi connectivity index (χ1) is 11.6. The Morgan fingerprint density at radius 2 is 2.00 bits per heavy atom. The molecule has 6 heteroatoms. The number of amides is 1. The molecule has 4 nitrogen and oxygen atoms in total. The minimum atomic E-state index is -0.211. The second-order valence-electron chi connectivity index (χ2n) is 6.41. The van der Waals surface area contributed by atoms with Crippen molar-refractivity contribution in [3.05, 3.63) is 35.6 Å². The van der Waals surface area contributed by atoms with Crippen molar-refractivity contribution in [2.75, 3.05) is 19.3 Å². The molecule has 1 aliphatic heterocycles. The zero-order valence-corrected chi connectivity index (χ0v) is 15.4.